The Kier molecular flexibility index (Phi) is 5.54. The largest absolute Gasteiger partial charge is 0.504 e. The minimum Gasteiger partial charge on any atom is -0.504 e. The molecule has 192 valence electrons. The van der Waals surface area contributed by atoms with Crippen molar-refractivity contribution in [1.29, 1.82) is 0 Å². The van der Waals surface area contributed by atoms with Crippen LogP contribution in [0.3, 0.4) is 0 Å². The van der Waals surface area contributed by atoms with Gasteiger partial charge in [-0.15, -0.1) is 0 Å². The summed E-state index contributed by atoms with van der Waals surface area (Å²) in [5, 5.41) is 55.2. The highest BCUT2D eigenvalue weighted by molar-refractivity contribution is 6.21. The average molecular weight is 519 g/mol. The lowest BCUT2D eigenvalue weighted by Crippen LogP contribution is -2.08. The minimum absolute atomic E-state index is 0.00702. The van der Waals surface area contributed by atoms with E-state index < -0.39 is 28.7 Å². The summed E-state index contributed by atoms with van der Waals surface area (Å²) in [4.78, 5) is 13.4. The summed E-state index contributed by atoms with van der Waals surface area (Å²) in [6.07, 6.45) is 1.60. The molecule has 0 spiro atoms. The molecule has 0 fully saturated rings. The standard InChI is InChI=1S/C30H22N4O5/c1-31-25-19(13-12-16-7-6-14-32-23(16)25)24(22-26(35)28(37)30(39)29(38)27(22)36)33-15-34-20-10-4-2-8-17(20)18-9-3-5-11-21(18)34/h2-14,35-39H,1,15H2/b33-24+. The number of nitrogens with zero attached hydrogens (tertiary/aromatic N) is 4. The van der Waals surface area contributed by atoms with E-state index in [0.29, 0.717) is 16.8 Å². The van der Waals surface area contributed by atoms with Gasteiger partial charge in [-0.2, -0.15) is 0 Å². The van der Waals surface area contributed by atoms with Crippen molar-refractivity contribution in [2.75, 3.05) is 0 Å². The number of aliphatic imine (C=N–C) groups is 2. The van der Waals surface area contributed by atoms with Crippen LogP contribution in [0.5, 0.6) is 28.7 Å². The van der Waals surface area contributed by atoms with Crippen LogP contribution in [-0.4, -0.2) is 47.5 Å². The molecular weight excluding hydrogens is 496 g/mol. The molecule has 0 aliphatic heterocycles. The zero-order valence-corrected chi connectivity index (χ0v) is 20.4. The summed E-state index contributed by atoms with van der Waals surface area (Å²) < 4.78 is 1.97. The molecule has 0 amide bonds. The summed E-state index contributed by atoms with van der Waals surface area (Å²) in [6.45, 7) is 3.72. The maximum absolute atomic E-state index is 10.9. The highest BCUT2D eigenvalue weighted by Gasteiger charge is 2.29. The highest BCUT2D eigenvalue weighted by Crippen LogP contribution is 2.52. The normalized spacial score (nSPS) is 11.9. The number of rotatable bonds is 5. The van der Waals surface area contributed by atoms with Crippen LogP contribution in [0.4, 0.5) is 5.69 Å². The van der Waals surface area contributed by atoms with Gasteiger partial charge in [-0.25, -0.2) is 0 Å². The fourth-order valence-corrected chi connectivity index (χ4v) is 4.99. The van der Waals surface area contributed by atoms with Gasteiger partial charge in [-0.05, 0) is 31.0 Å². The van der Waals surface area contributed by atoms with E-state index in [0.717, 1.165) is 27.2 Å². The van der Waals surface area contributed by atoms with Crippen LogP contribution in [0, 0.1) is 0 Å². The van der Waals surface area contributed by atoms with Crippen LogP contribution >= 0.6 is 0 Å². The van der Waals surface area contributed by atoms with E-state index >= 15 is 0 Å². The second kappa shape index (κ2) is 9.07. The van der Waals surface area contributed by atoms with E-state index in [1.54, 1.807) is 24.4 Å². The van der Waals surface area contributed by atoms with Gasteiger partial charge in [0.15, 0.2) is 11.5 Å². The molecule has 0 saturated heterocycles. The van der Waals surface area contributed by atoms with Crippen molar-refractivity contribution in [1.82, 2.24) is 9.55 Å². The van der Waals surface area contributed by atoms with Crippen molar-refractivity contribution in [2.45, 2.75) is 6.67 Å². The van der Waals surface area contributed by atoms with Gasteiger partial charge in [-0.3, -0.25) is 15.0 Å². The molecule has 0 bridgehead atoms. The first kappa shape index (κ1) is 23.8. The molecule has 2 aromatic heterocycles. The van der Waals surface area contributed by atoms with E-state index in [2.05, 4.69) is 16.7 Å². The molecule has 0 atom stereocenters. The number of hydrogen-bond donors (Lipinski definition) is 5. The molecule has 0 aliphatic carbocycles. The zero-order chi connectivity index (χ0) is 27.3. The van der Waals surface area contributed by atoms with E-state index in [1.807, 2.05) is 59.2 Å². The summed E-state index contributed by atoms with van der Waals surface area (Å²) in [5.41, 5.74) is 2.58. The molecule has 0 radical (unpaired) electrons. The summed E-state index contributed by atoms with van der Waals surface area (Å²) in [5.74, 6) is -4.79. The van der Waals surface area contributed by atoms with Crippen LogP contribution in [0.2, 0.25) is 0 Å². The molecule has 0 saturated carbocycles. The zero-order valence-electron chi connectivity index (χ0n) is 20.4. The van der Waals surface area contributed by atoms with E-state index in [4.69, 9.17) is 4.99 Å². The number of benzene rings is 4. The van der Waals surface area contributed by atoms with Gasteiger partial charge in [0.2, 0.25) is 17.2 Å². The Hall–Kier alpha value is -5.57. The predicted octanol–water partition coefficient (Wildman–Crippen LogP) is 5.70. The second-order valence-electron chi connectivity index (χ2n) is 8.92. The Morgan fingerprint density at radius 1 is 0.718 bits per heavy atom. The van der Waals surface area contributed by atoms with Crippen molar-refractivity contribution < 1.29 is 25.5 Å². The first-order valence-electron chi connectivity index (χ1n) is 12.0. The number of pyridine rings is 1. The Morgan fingerprint density at radius 3 is 1.92 bits per heavy atom. The van der Waals surface area contributed by atoms with Crippen molar-refractivity contribution >= 4 is 50.8 Å². The molecule has 5 N–H and O–H groups in total. The Bertz CT molecular complexity index is 1890. The maximum Gasteiger partial charge on any atom is 0.208 e. The second-order valence-corrected chi connectivity index (χ2v) is 8.92. The topological polar surface area (TPSA) is 144 Å². The van der Waals surface area contributed by atoms with Gasteiger partial charge >= 0.3 is 0 Å². The molecule has 9 heteroatoms. The summed E-state index contributed by atoms with van der Waals surface area (Å²) >= 11 is 0. The molecule has 0 aliphatic rings. The summed E-state index contributed by atoms with van der Waals surface area (Å²) in [6, 6.07) is 22.8. The Labute approximate surface area is 221 Å². The van der Waals surface area contributed by atoms with Gasteiger partial charge < -0.3 is 30.1 Å². The quantitative estimate of drug-likeness (QED) is 0.113. The average Bonchev–Trinajstić information content (AvgIpc) is 3.29. The van der Waals surface area contributed by atoms with E-state index in [9.17, 15) is 25.5 Å². The smallest absolute Gasteiger partial charge is 0.208 e. The van der Waals surface area contributed by atoms with Crippen LogP contribution in [0.25, 0.3) is 32.7 Å². The molecule has 9 nitrogen and oxygen atoms in total. The molecule has 6 aromatic rings. The monoisotopic (exact) mass is 518 g/mol. The third-order valence-corrected chi connectivity index (χ3v) is 6.82. The van der Waals surface area contributed by atoms with Crippen LogP contribution < -0.4 is 0 Å². The molecule has 4 aromatic carbocycles. The lowest BCUT2D eigenvalue weighted by molar-refractivity contribution is 0.327. The Morgan fingerprint density at radius 2 is 1.31 bits per heavy atom. The molecular formula is C30H22N4O5. The van der Waals surface area contributed by atoms with E-state index in [-0.39, 0.29) is 17.9 Å². The number of para-hydroxylation sites is 2. The first-order chi connectivity index (χ1) is 18.9. The molecule has 6 rings (SSSR count). The number of phenols is 5. The van der Waals surface area contributed by atoms with Gasteiger partial charge in [0, 0.05) is 27.9 Å². The molecule has 0 unspecified atom stereocenters. The van der Waals surface area contributed by atoms with Crippen LogP contribution in [-0.2, 0) is 6.67 Å². The number of phenolic OH excluding ortho intramolecular Hbond substituents is 5. The fourth-order valence-electron chi connectivity index (χ4n) is 4.99. The predicted molar refractivity (Wildman–Crippen MR) is 151 cm³/mol. The Balaban J connectivity index is 1.67. The van der Waals surface area contributed by atoms with E-state index in [1.165, 1.54) is 0 Å². The molecule has 39 heavy (non-hydrogen) atoms. The lowest BCUT2D eigenvalue weighted by atomic mass is 9.96. The molecule has 2 heterocycles. The first-order valence-corrected chi connectivity index (χ1v) is 12.0. The number of aromatic nitrogens is 2. The van der Waals surface area contributed by atoms with Crippen LogP contribution in [0.15, 0.2) is 89.0 Å². The number of fused-ring (bicyclic) bond motifs is 4. The number of aromatic hydroxyl groups is 5. The van der Waals surface area contributed by atoms with Crippen molar-refractivity contribution in [3.8, 4) is 28.7 Å². The highest BCUT2D eigenvalue weighted by atomic mass is 16.4. The number of hydrogen-bond acceptors (Lipinski definition) is 8. The van der Waals surface area contributed by atoms with Crippen molar-refractivity contribution in [3.63, 3.8) is 0 Å². The maximum atomic E-state index is 10.9. The summed E-state index contributed by atoms with van der Waals surface area (Å²) in [7, 11) is 0. The SMILES string of the molecule is C=Nc1c(/C(=N\Cn2c3ccccc3c3ccccc32)c2c(O)c(O)c(O)c(O)c2O)ccc2cccnc12. The van der Waals surface area contributed by atoms with Gasteiger partial charge in [-0.1, -0.05) is 48.5 Å². The van der Waals surface area contributed by atoms with Crippen molar-refractivity contribution in [3.05, 3.63) is 90.1 Å². The third kappa shape index (κ3) is 3.59. The minimum atomic E-state index is -1.06. The lowest BCUT2D eigenvalue weighted by Gasteiger charge is -2.17. The fraction of sp³-hybridized carbons (Fsp3) is 0.0333. The van der Waals surface area contributed by atoms with Crippen LogP contribution in [0.1, 0.15) is 11.1 Å². The van der Waals surface area contributed by atoms with Gasteiger partial charge in [0.05, 0.1) is 33.5 Å². The van der Waals surface area contributed by atoms with Crippen molar-refractivity contribution in [2.24, 2.45) is 9.98 Å². The third-order valence-electron chi connectivity index (χ3n) is 6.82. The van der Waals surface area contributed by atoms with Gasteiger partial charge in [0.25, 0.3) is 0 Å². The van der Waals surface area contributed by atoms with Gasteiger partial charge in [0.1, 0.15) is 6.67 Å².